The largest absolute Gasteiger partial charge is 2.00 e. The van der Waals surface area contributed by atoms with E-state index in [4.69, 9.17) is 4.74 Å². The monoisotopic (exact) mass is 449 g/mol. The molecule has 138 valence electrons. The van der Waals surface area contributed by atoms with E-state index in [0.717, 1.165) is 4.82 Å². The molecule has 0 bridgehead atoms. The van der Waals surface area contributed by atoms with Crippen molar-refractivity contribution in [2.75, 3.05) is 21.2 Å². The van der Waals surface area contributed by atoms with Crippen molar-refractivity contribution in [1.82, 2.24) is 4.90 Å². The van der Waals surface area contributed by atoms with Gasteiger partial charge in [-0.25, -0.2) is 0 Å². The third-order valence-corrected chi connectivity index (χ3v) is 8.59. The Morgan fingerprint density at radius 3 is 2.24 bits per heavy atom. The van der Waals surface area contributed by atoms with Crippen LogP contribution in [0.15, 0.2) is 0 Å². The van der Waals surface area contributed by atoms with Gasteiger partial charge in [-0.3, -0.25) is 0 Å². The molecule has 25 heavy (non-hydrogen) atoms. The van der Waals surface area contributed by atoms with Crippen molar-refractivity contribution in [3.8, 4) is 0 Å². The average molecular weight is 448 g/mol. The van der Waals surface area contributed by atoms with Crippen LogP contribution < -0.4 is 0 Å². The van der Waals surface area contributed by atoms with E-state index in [1.54, 1.807) is 4.82 Å². The van der Waals surface area contributed by atoms with E-state index in [1.807, 2.05) is 39.2 Å². The minimum atomic E-state index is 0. The Balaban J connectivity index is 0.000000448. The smallest absolute Gasteiger partial charge is 0.0312 e. The second-order valence-corrected chi connectivity index (χ2v) is 9.57. The molecule has 3 aliphatic rings. The zero-order valence-electron chi connectivity index (χ0n) is 16.0. The second-order valence-electron chi connectivity index (χ2n) is 6.96. The average Bonchev–Trinajstić information content (AvgIpc) is 3.31. The number of rotatable bonds is 5. The van der Waals surface area contributed by atoms with Gasteiger partial charge in [-0.05, 0) is 32.1 Å². The van der Waals surface area contributed by atoms with Gasteiger partial charge in [-0.15, -0.1) is 0 Å². The first kappa shape index (κ1) is 24.0. The molecule has 3 saturated carbocycles. The van der Waals surface area contributed by atoms with Gasteiger partial charge in [0.25, 0.3) is 0 Å². The van der Waals surface area contributed by atoms with E-state index >= 15 is 0 Å². The quantitative estimate of drug-likeness (QED) is 0.594. The molecule has 2 nitrogen and oxygen atoms in total. The SMILES string of the molecule is CO[C@@]1(C)CCC[C@@H]1[Se][C]1[CH][CH][CH][C]1[C@@H](C)N(C)C.[CH]1[CH][CH][CH][CH]1.[Fe+2]. The van der Waals surface area contributed by atoms with Crippen molar-refractivity contribution in [3.05, 3.63) is 62.1 Å². The molecule has 3 atom stereocenters. The van der Waals surface area contributed by atoms with E-state index in [-0.39, 0.29) is 22.7 Å². The Kier molecular flexibility index (Phi) is 11.3. The predicted molar refractivity (Wildman–Crippen MR) is 103 cm³/mol. The number of nitrogens with zero attached hydrogens (tertiary/aromatic N) is 1. The minimum absolute atomic E-state index is 0. The van der Waals surface area contributed by atoms with Crippen LogP contribution >= 0.6 is 0 Å². The summed E-state index contributed by atoms with van der Waals surface area (Å²) < 4.78 is 5.81. The molecule has 0 amide bonds. The summed E-state index contributed by atoms with van der Waals surface area (Å²) in [7, 11) is 6.19. The van der Waals surface area contributed by atoms with E-state index in [1.165, 1.54) is 25.2 Å². The maximum absolute atomic E-state index is 5.81. The van der Waals surface area contributed by atoms with Crippen LogP contribution in [-0.2, 0) is 21.8 Å². The summed E-state index contributed by atoms with van der Waals surface area (Å²) in [5.41, 5.74) is 0.107. The molecular formula is C21H31FeNOSe+2. The fourth-order valence-corrected chi connectivity index (χ4v) is 6.47. The van der Waals surface area contributed by atoms with Gasteiger partial charge in [-0.1, -0.05) is 0 Å². The van der Waals surface area contributed by atoms with Crippen molar-refractivity contribution in [2.24, 2.45) is 0 Å². The first-order chi connectivity index (χ1) is 11.5. The molecule has 0 N–H and O–H groups in total. The van der Waals surface area contributed by atoms with Crippen molar-refractivity contribution in [2.45, 2.75) is 49.6 Å². The van der Waals surface area contributed by atoms with Crippen molar-refractivity contribution < 1.29 is 21.8 Å². The Hall–Kier alpha value is 0.959. The van der Waals surface area contributed by atoms with Crippen LogP contribution in [0.25, 0.3) is 0 Å². The molecule has 0 aromatic heterocycles. The fraction of sp³-hybridized carbons (Fsp3) is 0.524. The Morgan fingerprint density at radius 1 is 1.12 bits per heavy atom. The van der Waals surface area contributed by atoms with Crippen LogP contribution in [0.2, 0.25) is 4.82 Å². The third-order valence-electron chi connectivity index (χ3n) is 5.14. The molecule has 10 radical (unpaired) electrons. The van der Waals surface area contributed by atoms with Crippen LogP contribution in [0.1, 0.15) is 33.1 Å². The first-order valence-corrected chi connectivity index (χ1v) is 10.6. The van der Waals surface area contributed by atoms with Crippen molar-refractivity contribution in [1.29, 1.82) is 0 Å². The van der Waals surface area contributed by atoms with Crippen molar-refractivity contribution >= 4 is 15.0 Å². The zero-order chi connectivity index (χ0) is 17.6. The van der Waals surface area contributed by atoms with Gasteiger partial charge >= 0.3 is 142 Å². The first-order valence-electron chi connectivity index (χ1n) is 8.78. The standard InChI is InChI=1S/C16H26NOSe.C5H5.Fe/c1-12(17(3)4)13-8-6-9-14(13)19-15-10-7-11-16(15,2)18-5;1-2-4-5-3-1;/h6,8-9,12,15H,7,10-11H2,1-5H3;1-5H;/q;;+2/t12-,15+,16+;;/m1../s1. The van der Waals surface area contributed by atoms with E-state index in [0.29, 0.717) is 21.0 Å². The Morgan fingerprint density at radius 2 is 1.72 bits per heavy atom. The maximum Gasteiger partial charge on any atom is 2.00 e. The number of hydrogen-bond donors (Lipinski definition) is 0. The van der Waals surface area contributed by atoms with Gasteiger partial charge < -0.3 is 0 Å². The molecule has 4 heteroatoms. The van der Waals surface area contributed by atoms with Crippen LogP contribution in [0.3, 0.4) is 0 Å². The molecule has 0 aromatic carbocycles. The molecule has 3 aliphatic carbocycles. The number of methoxy groups -OCH3 is 1. The molecule has 0 spiro atoms. The summed E-state index contributed by atoms with van der Waals surface area (Å²) in [6, 6.07) is 0.502. The Labute approximate surface area is 174 Å². The summed E-state index contributed by atoms with van der Waals surface area (Å²) in [5, 5.41) is 0. The molecule has 0 aromatic rings. The number of hydrogen-bond acceptors (Lipinski definition) is 2. The molecule has 0 aliphatic heterocycles. The van der Waals surface area contributed by atoms with Crippen molar-refractivity contribution in [3.63, 3.8) is 0 Å². The van der Waals surface area contributed by atoms with Gasteiger partial charge in [0.15, 0.2) is 0 Å². The van der Waals surface area contributed by atoms with Crippen LogP contribution in [0.4, 0.5) is 0 Å². The summed E-state index contributed by atoms with van der Waals surface area (Å²) in [6.07, 6.45) is 20.7. The van der Waals surface area contributed by atoms with E-state index in [2.05, 4.69) is 52.1 Å². The van der Waals surface area contributed by atoms with Gasteiger partial charge in [0.05, 0.1) is 0 Å². The summed E-state index contributed by atoms with van der Waals surface area (Å²) >= 11 is 0.518. The number of ether oxygens (including phenoxy) is 1. The van der Waals surface area contributed by atoms with Crippen LogP contribution in [0, 0.1) is 62.1 Å². The molecule has 0 heterocycles. The predicted octanol–water partition coefficient (Wildman–Crippen LogP) is 3.77. The minimum Gasteiger partial charge on any atom is -0.0312 e. The molecular weight excluding hydrogens is 417 g/mol. The van der Waals surface area contributed by atoms with Gasteiger partial charge in [-0.2, -0.15) is 0 Å². The Bertz CT molecular complexity index is 356. The summed E-state index contributed by atoms with van der Waals surface area (Å²) in [4.78, 5) is 4.59. The molecule has 0 unspecified atom stereocenters. The fourth-order valence-electron chi connectivity index (χ4n) is 3.14. The van der Waals surface area contributed by atoms with Crippen LogP contribution in [-0.4, -0.2) is 52.7 Å². The summed E-state index contributed by atoms with van der Waals surface area (Å²) in [5.74, 6) is 1.51. The zero-order valence-corrected chi connectivity index (χ0v) is 18.8. The van der Waals surface area contributed by atoms with Gasteiger partial charge in [0.2, 0.25) is 0 Å². The molecule has 0 saturated heterocycles. The normalized spacial score (nSPS) is 31.7. The summed E-state index contributed by atoms with van der Waals surface area (Å²) in [6.45, 7) is 4.59. The second kappa shape index (κ2) is 11.7. The van der Waals surface area contributed by atoms with Gasteiger partial charge in [0, 0.05) is 0 Å². The van der Waals surface area contributed by atoms with Crippen LogP contribution in [0.5, 0.6) is 0 Å². The maximum atomic E-state index is 5.81. The van der Waals surface area contributed by atoms with Gasteiger partial charge in [0.1, 0.15) is 0 Å². The van der Waals surface area contributed by atoms with E-state index in [9.17, 15) is 0 Å². The third kappa shape index (κ3) is 6.81. The van der Waals surface area contributed by atoms with E-state index < -0.39 is 0 Å². The topological polar surface area (TPSA) is 12.5 Å². The molecule has 3 fully saturated rings. The molecule has 3 rings (SSSR count).